The van der Waals surface area contributed by atoms with E-state index in [1.165, 1.54) is 5.56 Å². The number of fused-ring (bicyclic) bond motifs is 1. The van der Waals surface area contributed by atoms with Crippen LogP contribution in [0.5, 0.6) is 5.75 Å². The van der Waals surface area contributed by atoms with Crippen LogP contribution in [0.15, 0.2) is 24.3 Å². The molecule has 0 saturated heterocycles. The molecule has 1 unspecified atom stereocenters. The van der Waals surface area contributed by atoms with Crippen LogP contribution in [0.4, 0.5) is 0 Å². The van der Waals surface area contributed by atoms with Crippen molar-refractivity contribution in [3.05, 3.63) is 29.8 Å². The van der Waals surface area contributed by atoms with E-state index >= 15 is 0 Å². The fraction of sp³-hybridized carbons (Fsp3) is 0.588. The van der Waals surface area contributed by atoms with Crippen LogP contribution in [0, 0.1) is 0 Å². The Morgan fingerprint density at radius 3 is 2.62 bits per heavy atom. The standard InChI is InChI=1S/C17H26N2O2/c1-16(2,3)19-14(20)10-11-18-15-12-8-6-7-9-13(12)21-17(15,4)5/h6-9,15,18H,10-11H2,1-5H3,(H,19,20). The van der Waals surface area contributed by atoms with Crippen LogP contribution >= 0.6 is 0 Å². The summed E-state index contributed by atoms with van der Waals surface area (Å²) in [7, 11) is 0. The van der Waals surface area contributed by atoms with Crippen molar-refractivity contribution in [1.29, 1.82) is 0 Å². The lowest BCUT2D eigenvalue weighted by Gasteiger charge is -2.27. The van der Waals surface area contributed by atoms with Crippen molar-refractivity contribution in [2.45, 2.75) is 58.2 Å². The first-order valence-electron chi connectivity index (χ1n) is 7.51. The predicted octanol–water partition coefficient (Wildman–Crippen LogP) is 2.79. The van der Waals surface area contributed by atoms with Crippen LogP contribution in [0.3, 0.4) is 0 Å². The molecular weight excluding hydrogens is 264 g/mol. The normalized spacial score (nSPS) is 19.8. The number of amides is 1. The number of carbonyl (C=O) groups excluding carboxylic acids is 1. The molecule has 1 aromatic carbocycles. The molecular formula is C17H26N2O2. The molecule has 0 saturated carbocycles. The maximum atomic E-state index is 11.9. The van der Waals surface area contributed by atoms with E-state index in [0.717, 1.165) is 5.75 Å². The zero-order valence-electron chi connectivity index (χ0n) is 13.6. The van der Waals surface area contributed by atoms with Gasteiger partial charge in [-0.25, -0.2) is 0 Å². The predicted molar refractivity (Wildman–Crippen MR) is 84.4 cm³/mol. The Hall–Kier alpha value is -1.55. The van der Waals surface area contributed by atoms with Gasteiger partial charge in [0.2, 0.25) is 5.91 Å². The van der Waals surface area contributed by atoms with Gasteiger partial charge in [-0.15, -0.1) is 0 Å². The molecule has 21 heavy (non-hydrogen) atoms. The van der Waals surface area contributed by atoms with E-state index in [4.69, 9.17) is 4.74 Å². The molecule has 0 radical (unpaired) electrons. The number of rotatable bonds is 4. The molecule has 0 spiro atoms. The second kappa shape index (κ2) is 5.68. The Balaban J connectivity index is 1.92. The lowest BCUT2D eigenvalue weighted by Crippen LogP contribution is -2.43. The second-order valence-electron chi connectivity index (χ2n) is 7.18. The Morgan fingerprint density at radius 2 is 1.95 bits per heavy atom. The molecule has 1 aromatic rings. The SMILES string of the molecule is CC(C)(C)NC(=O)CCNC1c2ccccc2OC1(C)C. The average Bonchev–Trinajstić information content (AvgIpc) is 2.58. The fourth-order valence-corrected chi connectivity index (χ4v) is 2.70. The van der Waals surface area contributed by atoms with Gasteiger partial charge in [0.1, 0.15) is 11.4 Å². The van der Waals surface area contributed by atoms with Gasteiger partial charge in [-0.05, 0) is 40.7 Å². The minimum absolute atomic E-state index is 0.0695. The van der Waals surface area contributed by atoms with Crippen LogP contribution in [0.1, 0.15) is 52.6 Å². The summed E-state index contributed by atoms with van der Waals surface area (Å²) in [6.45, 7) is 10.7. The molecule has 2 N–H and O–H groups in total. The zero-order chi connectivity index (χ0) is 15.7. The highest BCUT2D eigenvalue weighted by Gasteiger charge is 2.40. The quantitative estimate of drug-likeness (QED) is 0.896. The van der Waals surface area contributed by atoms with Crippen molar-refractivity contribution in [3.8, 4) is 5.75 Å². The van der Waals surface area contributed by atoms with E-state index in [2.05, 4.69) is 30.5 Å². The molecule has 1 aliphatic rings. The van der Waals surface area contributed by atoms with Crippen molar-refractivity contribution < 1.29 is 9.53 Å². The second-order valence-corrected chi connectivity index (χ2v) is 7.18. The van der Waals surface area contributed by atoms with Gasteiger partial charge in [0.05, 0.1) is 6.04 Å². The molecule has 4 nitrogen and oxygen atoms in total. The summed E-state index contributed by atoms with van der Waals surface area (Å²) >= 11 is 0. The number of hydrogen-bond donors (Lipinski definition) is 2. The molecule has 116 valence electrons. The number of hydrogen-bond acceptors (Lipinski definition) is 3. The molecule has 4 heteroatoms. The van der Waals surface area contributed by atoms with Crippen LogP contribution < -0.4 is 15.4 Å². The first kappa shape index (κ1) is 15.8. The first-order chi connectivity index (χ1) is 9.69. The largest absolute Gasteiger partial charge is 0.486 e. The highest BCUT2D eigenvalue weighted by molar-refractivity contribution is 5.76. The van der Waals surface area contributed by atoms with E-state index in [1.807, 2.05) is 39.0 Å². The summed E-state index contributed by atoms with van der Waals surface area (Å²) in [5, 5.41) is 6.43. The van der Waals surface area contributed by atoms with Crippen molar-refractivity contribution in [2.75, 3.05) is 6.54 Å². The van der Waals surface area contributed by atoms with E-state index in [9.17, 15) is 4.79 Å². The Morgan fingerprint density at radius 1 is 1.29 bits per heavy atom. The van der Waals surface area contributed by atoms with Crippen LogP contribution in [-0.2, 0) is 4.79 Å². The van der Waals surface area contributed by atoms with Gasteiger partial charge in [-0.1, -0.05) is 18.2 Å². The van der Waals surface area contributed by atoms with Gasteiger partial charge in [0, 0.05) is 24.1 Å². The Bertz CT molecular complexity index is 518. The Labute approximate surface area is 127 Å². The van der Waals surface area contributed by atoms with E-state index in [0.29, 0.717) is 13.0 Å². The summed E-state index contributed by atoms with van der Waals surface area (Å²) < 4.78 is 5.98. The third kappa shape index (κ3) is 3.97. The lowest BCUT2D eigenvalue weighted by atomic mass is 9.94. The van der Waals surface area contributed by atoms with Gasteiger partial charge in [-0.2, -0.15) is 0 Å². The number of nitrogens with one attached hydrogen (secondary N) is 2. The van der Waals surface area contributed by atoms with E-state index in [-0.39, 0.29) is 23.1 Å². The number of ether oxygens (including phenoxy) is 1. The van der Waals surface area contributed by atoms with Crippen molar-refractivity contribution in [1.82, 2.24) is 10.6 Å². The summed E-state index contributed by atoms with van der Waals surface area (Å²) in [6.07, 6.45) is 0.464. The molecule has 1 aliphatic heterocycles. The van der Waals surface area contributed by atoms with Gasteiger partial charge >= 0.3 is 0 Å². The van der Waals surface area contributed by atoms with E-state index in [1.54, 1.807) is 0 Å². The van der Waals surface area contributed by atoms with Crippen molar-refractivity contribution in [2.24, 2.45) is 0 Å². The van der Waals surface area contributed by atoms with Crippen molar-refractivity contribution in [3.63, 3.8) is 0 Å². The van der Waals surface area contributed by atoms with Crippen LogP contribution in [-0.4, -0.2) is 23.6 Å². The summed E-state index contributed by atoms with van der Waals surface area (Å²) in [5.74, 6) is 0.999. The number of carbonyl (C=O) groups is 1. The number of benzene rings is 1. The molecule has 0 fully saturated rings. The van der Waals surface area contributed by atoms with E-state index < -0.39 is 0 Å². The summed E-state index contributed by atoms with van der Waals surface area (Å²) in [4.78, 5) is 11.9. The minimum Gasteiger partial charge on any atom is -0.486 e. The van der Waals surface area contributed by atoms with Crippen LogP contribution in [0.25, 0.3) is 0 Å². The molecule has 2 rings (SSSR count). The van der Waals surface area contributed by atoms with Gasteiger partial charge in [0.15, 0.2) is 0 Å². The maximum Gasteiger partial charge on any atom is 0.221 e. The molecule has 1 heterocycles. The molecule has 0 aromatic heterocycles. The van der Waals surface area contributed by atoms with Gasteiger partial charge in [-0.3, -0.25) is 4.79 Å². The minimum atomic E-state index is -0.301. The van der Waals surface area contributed by atoms with Gasteiger partial charge in [0.25, 0.3) is 0 Å². The lowest BCUT2D eigenvalue weighted by molar-refractivity contribution is -0.122. The van der Waals surface area contributed by atoms with Crippen LogP contribution in [0.2, 0.25) is 0 Å². The zero-order valence-corrected chi connectivity index (χ0v) is 13.6. The molecule has 0 aliphatic carbocycles. The third-order valence-corrected chi connectivity index (χ3v) is 3.51. The number of para-hydroxylation sites is 1. The first-order valence-corrected chi connectivity index (χ1v) is 7.51. The maximum absolute atomic E-state index is 11.9. The smallest absolute Gasteiger partial charge is 0.221 e. The Kier molecular flexibility index (Phi) is 4.28. The van der Waals surface area contributed by atoms with Crippen molar-refractivity contribution >= 4 is 5.91 Å². The molecule has 1 amide bonds. The fourth-order valence-electron chi connectivity index (χ4n) is 2.70. The average molecular weight is 290 g/mol. The highest BCUT2D eigenvalue weighted by Crippen LogP contribution is 2.42. The summed E-state index contributed by atoms with van der Waals surface area (Å²) in [6, 6.07) is 8.18. The topological polar surface area (TPSA) is 50.4 Å². The monoisotopic (exact) mass is 290 g/mol. The molecule has 0 bridgehead atoms. The molecule has 1 atom stereocenters. The summed E-state index contributed by atoms with van der Waals surface area (Å²) in [5.41, 5.74) is 0.683. The highest BCUT2D eigenvalue weighted by atomic mass is 16.5. The van der Waals surface area contributed by atoms with Gasteiger partial charge < -0.3 is 15.4 Å². The third-order valence-electron chi connectivity index (χ3n) is 3.51.